The smallest absolute Gasteiger partial charge is 0.340 e. The molecule has 172 valence electrons. The largest absolute Gasteiger partial charge is 0.452 e. The fraction of sp³-hybridized carbons (Fsp3) is 0.143. The van der Waals surface area contributed by atoms with Gasteiger partial charge in [-0.3, -0.25) is 19.6 Å². The summed E-state index contributed by atoms with van der Waals surface area (Å²) < 4.78 is 32.6. The highest BCUT2D eigenvalue weighted by molar-refractivity contribution is 7.92. The first-order valence-electron chi connectivity index (χ1n) is 9.59. The number of benzene rings is 2. The number of nitro groups is 1. The number of nitrogens with zero attached hydrogens (tertiary/aromatic N) is 1. The average Bonchev–Trinajstić information content (AvgIpc) is 3.31. The van der Waals surface area contributed by atoms with Crippen LogP contribution in [-0.4, -0.2) is 38.4 Å². The molecule has 0 fully saturated rings. The highest BCUT2D eigenvalue weighted by Crippen LogP contribution is 2.23. The Hall–Kier alpha value is -3.77. The summed E-state index contributed by atoms with van der Waals surface area (Å²) in [5.74, 6) is -1.39. The standard InChI is InChI=1S/C21H19N3O7S2/c25-20(22-11-10-16-6-4-12-32-16)14-31-21(26)18-8-1-2-9-19(18)23-33(29,30)17-7-3-5-15(13-17)24(27)28/h1-9,12-13,23H,10-11,14H2,(H,22,25). The van der Waals surface area contributed by atoms with E-state index in [9.17, 15) is 28.1 Å². The predicted molar refractivity (Wildman–Crippen MR) is 122 cm³/mol. The summed E-state index contributed by atoms with van der Waals surface area (Å²) in [7, 11) is -4.23. The SMILES string of the molecule is O=C(COC(=O)c1ccccc1NS(=O)(=O)c1cccc([N+](=O)[O-])c1)NCCc1cccs1. The van der Waals surface area contributed by atoms with Gasteiger partial charge in [0.15, 0.2) is 6.61 Å². The second-order valence-electron chi connectivity index (χ2n) is 6.66. The third-order valence-electron chi connectivity index (χ3n) is 4.34. The number of sulfonamides is 1. The molecule has 0 unspecified atom stereocenters. The van der Waals surface area contributed by atoms with Gasteiger partial charge in [0.2, 0.25) is 0 Å². The number of esters is 1. The molecule has 0 aliphatic rings. The van der Waals surface area contributed by atoms with Crippen LogP contribution in [0.3, 0.4) is 0 Å². The van der Waals surface area contributed by atoms with E-state index < -0.39 is 39.1 Å². The summed E-state index contributed by atoms with van der Waals surface area (Å²) in [5.41, 5.74) is -0.597. The van der Waals surface area contributed by atoms with Crippen molar-refractivity contribution in [3.8, 4) is 0 Å². The lowest BCUT2D eigenvalue weighted by Crippen LogP contribution is -2.30. The van der Waals surface area contributed by atoms with Gasteiger partial charge in [-0.15, -0.1) is 11.3 Å². The van der Waals surface area contributed by atoms with E-state index in [0.29, 0.717) is 13.0 Å². The van der Waals surface area contributed by atoms with Gasteiger partial charge in [-0.2, -0.15) is 0 Å². The fourth-order valence-corrected chi connectivity index (χ4v) is 4.59. The Bertz CT molecular complexity index is 1260. The Morgan fingerprint density at radius 1 is 1.06 bits per heavy atom. The average molecular weight is 490 g/mol. The Labute approximate surface area is 193 Å². The van der Waals surface area contributed by atoms with Gasteiger partial charge in [0.1, 0.15) is 0 Å². The molecule has 0 spiro atoms. The highest BCUT2D eigenvalue weighted by Gasteiger charge is 2.21. The molecule has 1 aromatic heterocycles. The third kappa shape index (κ3) is 6.60. The van der Waals surface area contributed by atoms with Gasteiger partial charge in [-0.05, 0) is 36.1 Å². The van der Waals surface area contributed by atoms with Crippen molar-refractivity contribution in [2.45, 2.75) is 11.3 Å². The number of anilines is 1. The van der Waals surface area contributed by atoms with Crippen molar-refractivity contribution in [2.24, 2.45) is 0 Å². The fourth-order valence-electron chi connectivity index (χ4n) is 2.76. The van der Waals surface area contributed by atoms with Gasteiger partial charge in [-0.1, -0.05) is 24.3 Å². The zero-order valence-electron chi connectivity index (χ0n) is 17.1. The van der Waals surface area contributed by atoms with Crippen LogP contribution in [0.2, 0.25) is 0 Å². The summed E-state index contributed by atoms with van der Waals surface area (Å²) in [5, 5.41) is 15.5. The lowest BCUT2D eigenvalue weighted by atomic mass is 10.2. The predicted octanol–water partition coefficient (Wildman–Crippen LogP) is 2.97. The van der Waals surface area contributed by atoms with Crippen LogP contribution in [0.15, 0.2) is 70.9 Å². The molecule has 2 N–H and O–H groups in total. The summed E-state index contributed by atoms with van der Waals surface area (Å²) in [6.07, 6.45) is 0.652. The van der Waals surface area contributed by atoms with Crippen molar-refractivity contribution in [2.75, 3.05) is 17.9 Å². The number of rotatable bonds is 10. The summed E-state index contributed by atoms with van der Waals surface area (Å²) >= 11 is 1.57. The molecule has 0 bridgehead atoms. The molecule has 1 heterocycles. The zero-order chi connectivity index (χ0) is 23.8. The zero-order valence-corrected chi connectivity index (χ0v) is 18.7. The van der Waals surface area contributed by atoms with Crippen LogP contribution in [0.25, 0.3) is 0 Å². The van der Waals surface area contributed by atoms with Gasteiger partial charge in [0, 0.05) is 23.6 Å². The first-order valence-corrected chi connectivity index (χ1v) is 11.9. The van der Waals surface area contributed by atoms with E-state index in [4.69, 9.17) is 4.74 Å². The molecule has 2 aromatic carbocycles. The Morgan fingerprint density at radius 3 is 2.58 bits per heavy atom. The molecule has 12 heteroatoms. The first-order chi connectivity index (χ1) is 15.8. The van der Waals surface area contributed by atoms with Crippen molar-refractivity contribution < 1.29 is 27.7 Å². The van der Waals surface area contributed by atoms with Gasteiger partial charge < -0.3 is 10.1 Å². The summed E-state index contributed by atoms with van der Waals surface area (Å²) in [6.45, 7) is -0.147. The van der Waals surface area contributed by atoms with E-state index in [2.05, 4.69) is 10.0 Å². The number of hydrogen-bond acceptors (Lipinski definition) is 8. The number of nitro benzene ring substituents is 1. The van der Waals surface area contributed by atoms with Crippen molar-refractivity contribution in [1.82, 2.24) is 5.32 Å². The third-order valence-corrected chi connectivity index (χ3v) is 6.64. The maximum absolute atomic E-state index is 12.7. The number of carbonyl (C=O) groups excluding carboxylic acids is 2. The molecule has 0 aliphatic heterocycles. The van der Waals surface area contributed by atoms with E-state index in [1.54, 1.807) is 11.3 Å². The topological polar surface area (TPSA) is 145 Å². The number of hydrogen-bond donors (Lipinski definition) is 2. The molecule has 0 radical (unpaired) electrons. The monoisotopic (exact) mass is 489 g/mol. The van der Waals surface area contributed by atoms with Crippen LogP contribution in [-0.2, 0) is 26.0 Å². The minimum Gasteiger partial charge on any atom is -0.452 e. The van der Waals surface area contributed by atoms with Gasteiger partial charge in [-0.25, -0.2) is 13.2 Å². The normalized spacial score (nSPS) is 10.9. The molecule has 1 amide bonds. The molecule has 33 heavy (non-hydrogen) atoms. The number of carbonyl (C=O) groups is 2. The van der Waals surface area contributed by atoms with Crippen molar-refractivity contribution in [3.05, 3.63) is 86.6 Å². The van der Waals surface area contributed by atoms with E-state index in [1.807, 2.05) is 17.5 Å². The highest BCUT2D eigenvalue weighted by atomic mass is 32.2. The Balaban J connectivity index is 1.63. The minimum absolute atomic E-state index is 0.0906. The lowest BCUT2D eigenvalue weighted by Gasteiger charge is -2.12. The van der Waals surface area contributed by atoms with Crippen molar-refractivity contribution in [3.63, 3.8) is 0 Å². The van der Waals surface area contributed by atoms with Gasteiger partial charge in [0.05, 0.1) is 21.1 Å². The van der Waals surface area contributed by atoms with E-state index in [1.165, 1.54) is 36.4 Å². The summed E-state index contributed by atoms with van der Waals surface area (Å²) in [4.78, 5) is 35.4. The van der Waals surface area contributed by atoms with Crippen molar-refractivity contribution in [1.29, 1.82) is 0 Å². The number of non-ortho nitro benzene ring substituents is 1. The number of nitrogens with one attached hydrogen (secondary N) is 2. The van der Waals surface area contributed by atoms with Crippen LogP contribution in [0.4, 0.5) is 11.4 Å². The van der Waals surface area contributed by atoms with E-state index >= 15 is 0 Å². The molecule has 3 rings (SSSR count). The maximum Gasteiger partial charge on any atom is 0.340 e. The van der Waals surface area contributed by atoms with Crippen LogP contribution in [0.5, 0.6) is 0 Å². The number of thiophene rings is 1. The summed E-state index contributed by atoms with van der Waals surface area (Å²) in [6, 6.07) is 14.0. The Kier molecular flexibility index (Phi) is 7.74. The molecule has 3 aromatic rings. The molecule has 0 saturated heterocycles. The minimum atomic E-state index is -4.23. The number of amides is 1. The first kappa shape index (κ1) is 23.9. The van der Waals surface area contributed by atoms with Crippen LogP contribution < -0.4 is 10.0 Å². The number of para-hydroxylation sites is 1. The lowest BCUT2D eigenvalue weighted by molar-refractivity contribution is -0.385. The van der Waals surface area contributed by atoms with Crippen molar-refractivity contribution >= 4 is 44.6 Å². The van der Waals surface area contributed by atoms with E-state index in [-0.39, 0.29) is 16.1 Å². The maximum atomic E-state index is 12.7. The van der Waals surface area contributed by atoms with E-state index in [0.717, 1.165) is 17.0 Å². The van der Waals surface area contributed by atoms with Crippen LogP contribution in [0, 0.1) is 10.1 Å². The van der Waals surface area contributed by atoms with Crippen LogP contribution >= 0.6 is 11.3 Å². The van der Waals surface area contributed by atoms with Crippen LogP contribution in [0.1, 0.15) is 15.2 Å². The molecule has 0 saturated carbocycles. The molecule has 0 aliphatic carbocycles. The quantitative estimate of drug-likeness (QED) is 0.253. The number of ether oxygens (including phenoxy) is 1. The molecule has 10 nitrogen and oxygen atoms in total. The second-order valence-corrected chi connectivity index (χ2v) is 9.38. The molecular weight excluding hydrogens is 470 g/mol. The molecular formula is C21H19N3O7S2. The van der Waals surface area contributed by atoms with Gasteiger partial charge >= 0.3 is 5.97 Å². The van der Waals surface area contributed by atoms with Gasteiger partial charge in [0.25, 0.3) is 21.6 Å². The second kappa shape index (κ2) is 10.7. The molecule has 0 atom stereocenters. The Morgan fingerprint density at radius 2 is 1.85 bits per heavy atom.